The van der Waals surface area contributed by atoms with Gasteiger partial charge in [-0.05, 0) is 43.7 Å². The van der Waals surface area contributed by atoms with Crippen LogP contribution >= 0.6 is 0 Å². The van der Waals surface area contributed by atoms with Crippen LogP contribution in [0.15, 0.2) is 48.7 Å². The summed E-state index contributed by atoms with van der Waals surface area (Å²) in [5.74, 6) is 1.22. The Balaban J connectivity index is 1.64. The van der Waals surface area contributed by atoms with Crippen LogP contribution in [0.5, 0.6) is 5.88 Å². The number of ether oxygens (including phenoxy) is 1. The second-order valence-electron chi connectivity index (χ2n) is 5.95. The average molecular weight is 308 g/mol. The third-order valence-corrected chi connectivity index (χ3v) is 4.26. The molecule has 5 nitrogen and oxygen atoms in total. The Morgan fingerprint density at radius 3 is 2.91 bits per heavy atom. The number of pyridine rings is 1. The fourth-order valence-corrected chi connectivity index (χ4v) is 3.04. The zero-order valence-corrected chi connectivity index (χ0v) is 13.0. The number of hydrogen-bond acceptors (Lipinski definition) is 4. The molecule has 0 aliphatic carbocycles. The van der Waals surface area contributed by atoms with Crippen LogP contribution in [0.2, 0.25) is 0 Å². The summed E-state index contributed by atoms with van der Waals surface area (Å²) in [5, 5.41) is 9.04. The van der Waals surface area contributed by atoms with Gasteiger partial charge in [0, 0.05) is 18.7 Å². The predicted molar refractivity (Wildman–Crippen MR) is 90.0 cm³/mol. The van der Waals surface area contributed by atoms with Gasteiger partial charge in [0.1, 0.15) is 0 Å². The molecule has 3 heterocycles. The maximum Gasteiger partial charge on any atom is 0.242 e. The Kier molecular flexibility index (Phi) is 3.94. The first-order valence-electron chi connectivity index (χ1n) is 8.14. The zero-order chi connectivity index (χ0) is 15.5. The van der Waals surface area contributed by atoms with Gasteiger partial charge in [-0.15, -0.1) is 5.10 Å². The van der Waals surface area contributed by atoms with Gasteiger partial charge >= 0.3 is 0 Å². The van der Waals surface area contributed by atoms with Gasteiger partial charge < -0.3 is 10.1 Å². The van der Waals surface area contributed by atoms with Crippen LogP contribution in [0.3, 0.4) is 0 Å². The summed E-state index contributed by atoms with van der Waals surface area (Å²) in [7, 11) is 0. The standard InChI is InChI=1S/C18H20N4O/c1-2-7-15(8-3-1)22-17-16(9-5-11-20-17)18(21-22)23-13-14-6-4-10-19-12-14/h1-3,5,7-9,11,14,19H,4,6,10,12-13H2. The fourth-order valence-electron chi connectivity index (χ4n) is 3.04. The molecule has 0 spiro atoms. The molecule has 1 aliphatic rings. The van der Waals surface area contributed by atoms with Gasteiger partial charge in [-0.2, -0.15) is 0 Å². The number of aromatic nitrogens is 3. The number of nitrogens with zero attached hydrogens (tertiary/aromatic N) is 3. The molecule has 1 fully saturated rings. The third-order valence-electron chi connectivity index (χ3n) is 4.26. The highest BCUT2D eigenvalue weighted by Gasteiger charge is 2.17. The molecule has 1 unspecified atom stereocenters. The quantitative estimate of drug-likeness (QED) is 0.805. The first-order valence-corrected chi connectivity index (χ1v) is 8.14. The van der Waals surface area contributed by atoms with Crippen molar-refractivity contribution < 1.29 is 4.74 Å². The first kappa shape index (κ1) is 14.2. The van der Waals surface area contributed by atoms with Gasteiger partial charge in [-0.25, -0.2) is 9.67 Å². The number of benzene rings is 1. The lowest BCUT2D eigenvalue weighted by molar-refractivity contribution is 0.213. The Labute approximate surface area is 135 Å². The lowest BCUT2D eigenvalue weighted by Gasteiger charge is -2.22. The van der Waals surface area contributed by atoms with Crippen molar-refractivity contribution in [1.82, 2.24) is 20.1 Å². The van der Waals surface area contributed by atoms with Crippen molar-refractivity contribution in [3.63, 3.8) is 0 Å². The Bertz CT molecular complexity index is 778. The highest BCUT2D eigenvalue weighted by molar-refractivity contribution is 5.82. The van der Waals surface area contributed by atoms with Crippen molar-refractivity contribution in [3.8, 4) is 11.6 Å². The third kappa shape index (κ3) is 2.92. The molecule has 118 valence electrons. The summed E-state index contributed by atoms with van der Waals surface area (Å²) in [6, 6.07) is 14.0. The van der Waals surface area contributed by atoms with E-state index in [4.69, 9.17) is 4.74 Å². The number of para-hydroxylation sites is 1. The van der Waals surface area contributed by atoms with E-state index in [1.807, 2.05) is 47.1 Å². The summed E-state index contributed by atoms with van der Waals surface area (Å²) < 4.78 is 7.90. The first-order chi connectivity index (χ1) is 11.4. The van der Waals surface area contributed by atoms with Gasteiger partial charge in [0.25, 0.3) is 0 Å². The Hall–Kier alpha value is -2.40. The topological polar surface area (TPSA) is 52.0 Å². The number of fused-ring (bicyclic) bond motifs is 1. The molecule has 0 saturated carbocycles. The molecule has 2 aromatic heterocycles. The molecular formula is C18H20N4O. The van der Waals surface area contributed by atoms with Crippen molar-refractivity contribution in [2.24, 2.45) is 5.92 Å². The van der Waals surface area contributed by atoms with E-state index in [1.165, 1.54) is 12.8 Å². The summed E-state index contributed by atoms with van der Waals surface area (Å²) in [5.41, 5.74) is 1.82. The SMILES string of the molecule is c1ccc(-n2nc(OCC3CCCNC3)c3cccnc32)cc1. The molecule has 5 heteroatoms. The highest BCUT2D eigenvalue weighted by Crippen LogP contribution is 2.26. The molecule has 4 rings (SSSR count). The molecule has 1 N–H and O–H groups in total. The van der Waals surface area contributed by atoms with Crippen molar-refractivity contribution in [2.45, 2.75) is 12.8 Å². The summed E-state index contributed by atoms with van der Waals surface area (Å²) in [4.78, 5) is 4.48. The Morgan fingerprint density at radius 1 is 1.17 bits per heavy atom. The minimum atomic E-state index is 0.553. The molecule has 0 bridgehead atoms. The maximum atomic E-state index is 6.05. The van der Waals surface area contributed by atoms with E-state index in [9.17, 15) is 0 Å². The summed E-state index contributed by atoms with van der Waals surface area (Å²) >= 11 is 0. The van der Waals surface area contributed by atoms with Crippen LogP contribution in [0.4, 0.5) is 0 Å². The van der Waals surface area contributed by atoms with Gasteiger partial charge in [0.15, 0.2) is 5.65 Å². The number of rotatable bonds is 4. The second kappa shape index (κ2) is 6.38. The second-order valence-corrected chi connectivity index (χ2v) is 5.95. The van der Waals surface area contributed by atoms with Crippen molar-refractivity contribution in [3.05, 3.63) is 48.7 Å². The molecule has 1 atom stereocenters. The molecule has 23 heavy (non-hydrogen) atoms. The highest BCUT2D eigenvalue weighted by atomic mass is 16.5. The normalized spacial score (nSPS) is 18.2. The van der Waals surface area contributed by atoms with E-state index >= 15 is 0 Å². The van der Waals surface area contributed by atoms with Crippen LogP contribution in [0, 0.1) is 5.92 Å². The minimum absolute atomic E-state index is 0.553. The van der Waals surface area contributed by atoms with Crippen LogP contribution in [0.1, 0.15) is 12.8 Å². The smallest absolute Gasteiger partial charge is 0.242 e. The molecule has 1 saturated heterocycles. The van der Waals surface area contributed by atoms with E-state index in [2.05, 4.69) is 15.4 Å². The van der Waals surface area contributed by atoms with Gasteiger partial charge in [-0.1, -0.05) is 18.2 Å². The lowest BCUT2D eigenvalue weighted by Crippen LogP contribution is -2.33. The van der Waals surface area contributed by atoms with Crippen LogP contribution in [0.25, 0.3) is 16.7 Å². The van der Waals surface area contributed by atoms with E-state index in [0.29, 0.717) is 18.4 Å². The predicted octanol–water partition coefficient (Wildman–Crippen LogP) is 2.80. The fraction of sp³-hybridized carbons (Fsp3) is 0.333. The van der Waals surface area contributed by atoms with Crippen molar-refractivity contribution in [1.29, 1.82) is 0 Å². The molecule has 3 aromatic rings. The lowest BCUT2D eigenvalue weighted by atomic mass is 10.0. The monoisotopic (exact) mass is 308 g/mol. The number of hydrogen-bond donors (Lipinski definition) is 1. The number of piperidine rings is 1. The van der Waals surface area contributed by atoms with E-state index in [0.717, 1.165) is 29.8 Å². The summed E-state index contributed by atoms with van der Waals surface area (Å²) in [6.45, 7) is 2.84. The van der Waals surface area contributed by atoms with Gasteiger partial charge in [0.2, 0.25) is 5.88 Å². The van der Waals surface area contributed by atoms with Crippen LogP contribution < -0.4 is 10.1 Å². The zero-order valence-electron chi connectivity index (χ0n) is 13.0. The van der Waals surface area contributed by atoms with E-state index in [1.54, 1.807) is 6.20 Å². The maximum absolute atomic E-state index is 6.05. The summed E-state index contributed by atoms with van der Waals surface area (Å²) in [6.07, 6.45) is 4.22. The number of nitrogens with one attached hydrogen (secondary N) is 1. The Morgan fingerprint density at radius 2 is 2.09 bits per heavy atom. The van der Waals surface area contributed by atoms with Crippen LogP contribution in [-0.2, 0) is 0 Å². The molecule has 1 aliphatic heterocycles. The van der Waals surface area contributed by atoms with E-state index in [-0.39, 0.29) is 0 Å². The van der Waals surface area contributed by atoms with Crippen molar-refractivity contribution >= 4 is 11.0 Å². The molecule has 0 amide bonds. The van der Waals surface area contributed by atoms with Gasteiger partial charge in [0.05, 0.1) is 17.7 Å². The molecule has 1 aromatic carbocycles. The van der Waals surface area contributed by atoms with E-state index < -0.39 is 0 Å². The minimum Gasteiger partial charge on any atom is -0.476 e. The van der Waals surface area contributed by atoms with Crippen LogP contribution in [-0.4, -0.2) is 34.5 Å². The van der Waals surface area contributed by atoms with Crippen molar-refractivity contribution in [2.75, 3.05) is 19.7 Å². The largest absolute Gasteiger partial charge is 0.476 e. The molecule has 0 radical (unpaired) electrons. The average Bonchev–Trinajstić information content (AvgIpc) is 3.01. The van der Waals surface area contributed by atoms with Gasteiger partial charge in [-0.3, -0.25) is 0 Å². The molecular weight excluding hydrogens is 288 g/mol.